The smallest absolute Gasteiger partial charge is 0.326 e. The van der Waals surface area contributed by atoms with Crippen LogP contribution in [0.25, 0.3) is 0 Å². The monoisotopic (exact) mass is 399 g/mol. The third-order valence-corrected chi connectivity index (χ3v) is 4.43. The van der Waals surface area contributed by atoms with Crippen molar-refractivity contribution in [3.8, 4) is 0 Å². The van der Waals surface area contributed by atoms with Crippen molar-refractivity contribution in [2.45, 2.75) is 31.8 Å². The fourth-order valence-electron chi connectivity index (χ4n) is 2.60. The van der Waals surface area contributed by atoms with Crippen LogP contribution < -0.4 is 16.0 Å². The number of carboxylic acids is 1. The van der Waals surface area contributed by atoms with Gasteiger partial charge in [-0.15, -0.1) is 0 Å². The van der Waals surface area contributed by atoms with Crippen molar-refractivity contribution >= 4 is 29.2 Å². The van der Waals surface area contributed by atoms with Crippen molar-refractivity contribution in [2.24, 2.45) is 0 Å². The van der Waals surface area contributed by atoms with Crippen molar-refractivity contribution in [2.75, 3.05) is 6.54 Å². The topological polar surface area (TPSA) is 90.5 Å². The Balaban J connectivity index is 1.64. The van der Waals surface area contributed by atoms with Gasteiger partial charge in [0, 0.05) is 18.7 Å². The summed E-state index contributed by atoms with van der Waals surface area (Å²) in [5, 5.41) is 18.7. The van der Waals surface area contributed by atoms with Crippen molar-refractivity contribution in [3.05, 3.63) is 71.8 Å². The Morgan fingerprint density at radius 3 is 2.21 bits per heavy atom. The van der Waals surface area contributed by atoms with Crippen LogP contribution in [-0.2, 0) is 11.3 Å². The van der Waals surface area contributed by atoms with Gasteiger partial charge < -0.3 is 21.1 Å². The molecule has 0 heterocycles. The molecule has 4 N–H and O–H groups in total. The molecule has 2 aromatic rings. The Kier molecular flexibility index (Phi) is 8.94. The molecule has 148 valence electrons. The van der Waals surface area contributed by atoms with E-state index in [1.54, 1.807) is 30.3 Å². The lowest BCUT2D eigenvalue weighted by molar-refractivity contribution is -0.139. The molecule has 6 nitrogen and oxygen atoms in total. The first-order chi connectivity index (χ1) is 13.6. The summed E-state index contributed by atoms with van der Waals surface area (Å²) >= 11 is 5.23. The lowest BCUT2D eigenvalue weighted by Crippen LogP contribution is -2.41. The number of carbonyl (C=O) groups is 2. The highest BCUT2D eigenvalue weighted by Crippen LogP contribution is 2.04. The summed E-state index contributed by atoms with van der Waals surface area (Å²) in [5.74, 6) is -1.41. The van der Waals surface area contributed by atoms with Gasteiger partial charge in [-0.2, -0.15) is 0 Å². The fraction of sp³-hybridized carbons (Fsp3) is 0.286. The molecule has 0 unspecified atom stereocenters. The summed E-state index contributed by atoms with van der Waals surface area (Å²) in [4.78, 5) is 23.5. The maximum absolute atomic E-state index is 12.1. The molecule has 1 amide bonds. The molecule has 0 saturated heterocycles. The molecule has 0 aliphatic heterocycles. The molecule has 7 heteroatoms. The zero-order valence-electron chi connectivity index (χ0n) is 15.6. The number of hydrogen-bond acceptors (Lipinski definition) is 3. The largest absolute Gasteiger partial charge is 0.480 e. The van der Waals surface area contributed by atoms with E-state index in [1.807, 2.05) is 30.3 Å². The van der Waals surface area contributed by atoms with Crippen LogP contribution in [0.15, 0.2) is 60.7 Å². The molecule has 0 aromatic heterocycles. The minimum atomic E-state index is -1.03. The Labute approximate surface area is 170 Å². The van der Waals surface area contributed by atoms with E-state index in [-0.39, 0.29) is 5.91 Å². The quantitative estimate of drug-likeness (QED) is 0.363. The van der Waals surface area contributed by atoms with Crippen molar-refractivity contribution in [1.29, 1.82) is 0 Å². The Bertz CT molecular complexity index is 769. The summed E-state index contributed by atoms with van der Waals surface area (Å²) in [6.45, 7) is 1.29. The summed E-state index contributed by atoms with van der Waals surface area (Å²) < 4.78 is 0. The molecule has 28 heavy (non-hydrogen) atoms. The van der Waals surface area contributed by atoms with Gasteiger partial charge in [0.2, 0.25) is 0 Å². The predicted molar refractivity (Wildman–Crippen MR) is 113 cm³/mol. The van der Waals surface area contributed by atoms with E-state index in [0.29, 0.717) is 36.6 Å². The Morgan fingerprint density at radius 1 is 0.929 bits per heavy atom. The van der Waals surface area contributed by atoms with E-state index >= 15 is 0 Å². The average molecular weight is 400 g/mol. The van der Waals surface area contributed by atoms with Crippen LogP contribution in [0.3, 0.4) is 0 Å². The van der Waals surface area contributed by atoms with Gasteiger partial charge in [-0.3, -0.25) is 4.79 Å². The molecular weight excluding hydrogens is 374 g/mol. The van der Waals surface area contributed by atoms with E-state index in [0.717, 1.165) is 12.0 Å². The first-order valence-electron chi connectivity index (χ1n) is 9.20. The third kappa shape index (κ3) is 7.75. The highest BCUT2D eigenvalue weighted by molar-refractivity contribution is 7.80. The van der Waals surface area contributed by atoms with Gasteiger partial charge in [0.05, 0.1) is 0 Å². The van der Waals surface area contributed by atoms with Gasteiger partial charge >= 0.3 is 5.97 Å². The van der Waals surface area contributed by atoms with Gasteiger partial charge in [0.1, 0.15) is 6.04 Å². The summed E-state index contributed by atoms with van der Waals surface area (Å²) in [6.07, 6.45) is 1.76. The molecule has 0 aliphatic carbocycles. The van der Waals surface area contributed by atoms with E-state index < -0.39 is 12.0 Å². The zero-order valence-corrected chi connectivity index (χ0v) is 16.4. The first-order valence-corrected chi connectivity index (χ1v) is 9.61. The Hall–Kier alpha value is -2.93. The second kappa shape index (κ2) is 11.7. The molecule has 0 saturated carbocycles. The molecule has 0 radical (unpaired) electrons. The zero-order chi connectivity index (χ0) is 20.2. The van der Waals surface area contributed by atoms with Crippen molar-refractivity contribution < 1.29 is 14.7 Å². The van der Waals surface area contributed by atoms with E-state index in [1.165, 1.54) is 0 Å². The number of carboxylic acid groups (broad SMARTS) is 1. The second-order valence-electron chi connectivity index (χ2n) is 6.32. The lowest BCUT2D eigenvalue weighted by atomic mass is 10.1. The van der Waals surface area contributed by atoms with E-state index in [4.69, 9.17) is 12.2 Å². The normalized spacial score (nSPS) is 11.3. The van der Waals surface area contributed by atoms with Crippen molar-refractivity contribution in [3.63, 3.8) is 0 Å². The molecule has 1 atom stereocenters. The minimum absolute atomic E-state index is 0.361. The molecule has 0 aliphatic rings. The highest BCUT2D eigenvalue weighted by Gasteiger charge is 2.19. The maximum Gasteiger partial charge on any atom is 0.326 e. The molecule has 0 fully saturated rings. The summed E-state index contributed by atoms with van der Waals surface area (Å²) in [5.41, 5.74) is 1.59. The van der Waals surface area contributed by atoms with Gasteiger partial charge in [0.25, 0.3) is 5.91 Å². The second-order valence-corrected chi connectivity index (χ2v) is 6.73. The number of carbonyl (C=O) groups excluding carboxylic acids is 1. The van der Waals surface area contributed by atoms with E-state index in [9.17, 15) is 14.7 Å². The SMILES string of the molecule is O=C(N[C@H](CCCCNC(=S)NCc1ccccc1)C(=O)O)c1ccccc1. The van der Waals surface area contributed by atoms with Gasteiger partial charge in [-0.05, 0) is 49.2 Å². The number of thiocarbonyl (C=S) groups is 1. The van der Waals surface area contributed by atoms with Crippen LogP contribution >= 0.6 is 12.2 Å². The first kappa shape index (κ1) is 21.4. The number of hydrogen-bond donors (Lipinski definition) is 4. The van der Waals surface area contributed by atoms with Gasteiger partial charge in [-0.25, -0.2) is 4.79 Å². The van der Waals surface area contributed by atoms with Crippen LogP contribution in [0, 0.1) is 0 Å². The number of nitrogens with one attached hydrogen (secondary N) is 3. The highest BCUT2D eigenvalue weighted by atomic mass is 32.1. The minimum Gasteiger partial charge on any atom is -0.480 e. The Morgan fingerprint density at radius 2 is 1.57 bits per heavy atom. The number of aliphatic carboxylic acids is 1. The molecule has 2 rings (SSSR count). The number of benzene rings is 2. The summed E-state index contributed by atoms with van der Waals surface area (Å²) in [6, 6.07) is 17.6. The molecule has 0 bridgehead atoms. The molecule has 0 spiro atoms. The van der Waals surface area contributed by atoms with Crippen LogP contribution in [-0.4, -0.2) is 34.7 Å². The summed E-state index contributed by atoms with van der Waals surface area (Å²) in [7, 11) is 0. The lowest BCUT2D eigenvalue weighted by Gasteiger charge is -2.15. The van der Waals surface area contributed by atoms with Crippen LogP contribution in [0.1, 0.15) is 35.2 Å². The third-order valence-electron chi connectivity index (χ3n) is 4.14. The van der Waals surface area contributed by atoms with Crippen LogP contribution in [0.4, 0.5) is 0 Å². The maximum atomic E-state index is 12.1. The van der Waals surface area contributed by atoms with Gasteiger partial charge in [-0.1, -0.05) is 48.5 Å². The molecule has 2 aromatic carbocycles. The molecular formula is C21H25N3O3S. The predicted octanol–water partition coefficient (Wildman–Crippen LogP) is 2.70. The number of rotatable bonds is 10. The van der Waals surface area contributed by atoms with Crippen LogP contribution in [0.5, 0.6) is 0 Å². The fourth-order valence-corrected chi connectivity index (χ4v) is 2.78. The van der Waals surface area contributed by atoms with Crippen molar-refractivity contribution in [1.82, 2.24) is 16.0 Å². The van der Waals surface area contributed by atoms with E-state index in [2.05, 4.69) is 16.0 Å². The number of amides is 1. The standard InChI is InChI=1S/C21H25N3O3S/c25-19(17-11-5-2-6-12-17)24-18(20(26)27)13-7-8-14-22-21(28)23-15-16-9-3-1-4-10-16/h1-6,9-12,18H,7-8,13-15H2,(H,24,25)(H,26,27)(H2,22,23,28)/t18-/m1/s1. The van der Waals surface area contributed by atoms with Gasteiger partial charge in [0.15, 0.2) is 5.11 Å². The average Bonchev–Trinajstić information content (AvgIpc) is 2.72. The van der Waals surface area contributed by atoms with Crippen LogP contribution in [0.2, 0.25) is 0 Å². The number of unbranched alkanes of at least 4 members (excludes halogenated alkanes) is 1.